The van der Waals surface area contributed by atoms with Gasteiger partial charge in [0.2, 0.25) is 0 Å². The summed E-state index contributed by atoms with van der Waals surface area (Å²) in [5.74, 6) is 0.0652. The number of aromatic nitrogens is 3. The first-order valence-electron chi connectivity index (χ1n) is 8.73. The molecule has 0 amide bonds. The van der Waals surface area contributed by atoms with E-state index in [-0.39, 0.29) is 16.9 Å². The molecule has 8 heteroatoms. The van der Waals surface area contributed by atoms with Crippen LogP contribution in [0.4, 0.5) is 5.69 Å². The van der Waals surface area contributed by atoms with Gasteiger partial charge in [0.1, 0.15) is 18.4 Å². The zero-order chi connectivity index (χ0) is 20.3. The average Bonchev–Trinajstić information content (AvgIpc) is 3.25. The van der Waals surface area contributed by atoms with Crippen LogP contribution in [-0.4, -0.2) is 27.4 Å². The predicted octanol–water partition coefficient (Wildman–Crippen LogP) is 2.82. The van der Waals surface area contributed by atoms with Crippen molar-refractivity contribution >= 4 is 11.7 Å². The third-order valence-corrected chi connectivity index (χ3v) is 4.42. The van der Waals surface area contributed by atoms with Crippen LogP contribution in [0.25, 0.3) is 5.69 Å². The van der Waals surface area contributed by atoms with Gasteiger partial charge in [-0.1, -0.05) is 0 Å². The lowest BCUT2D eigenvalue weighted by Gasteiger charge is -2.10. The number of nitriles is 1. The molecule has 1 aromatic carbocycles. The van der Waals surface area contributed by atoms with Crippen LogP contribution in [0.3, 0.4) is 0 Å². The van der Waals surface area contributed by atoms with Crippen molar-refractivity contribution in [2.75, 3.05) is 12.8 Å². The van der Waals surface area contributed by atoms with Crippen molar-refractivity contribution in [1.82, 2.24) is 14.3 Å². The predicted molar refractivity (Wildman–Crippen MR) is 103 cm³/mol. The Labute approximate surface area is 162 Å². The molecule has 0 aliphatic carbocycles. The van der Waals surface area contributed by atoms with Gasteiger partial charge >= 0.3 is 5.97 Å². The van der Waals surface area contributed by atoms with Crippen LogP contribution in [-0.2, 0) is 17.9 Å². The number of nitrogen functional groups attached to an aromatic ring is 1. The Bertz CT molecular complexity index is 1040. The van der Waals surface area contributed by atoms with E-state index in [0.29, 0.717) is 18.0 Å². The van der Waals surface area contributed by atoms with Crippen LogP contribution >= 0.6 is 0 Å². The van der Waals surface area contributed by atoms with E-state index >= 15 is 0 Å². The van der Waals surface area contributed by atoms with E-state index in [9.17, 15) is 10.1 Å². The summed E-state index contributed by atoms with van der Waals surface area (Å²) >= 11 is 0. The molecule has 2 N–H and O–H groups in total. The molecule has 3 rings (SSSR count). The van der Waals surface area contributed by atoms with Crippen molar-refractivity contribution in [3.05, 3.63) is 59.2 Å². The fraction of sp³-hybridized carbons (Fsp3) is 0.250. The summed E-state index contributed by atoms with van der Waals surface area (Å²) in [6.45, 7) is 5.20. The van der Waals surface area contributed by atoms with Gasteiger partial charge in [0, 0.05) is 30.2 Å². The van der Waals surface area contributed by atoms with Crippen LogP contribution in [0, 0.1) is 18.3 Å². The molecular formula is C20H21N5O3. The smallest absolute Gasteiger partial charge is 0.357 e. The highest BCUT2D eigenvalue weighted by molar-refractivity contribution is 5.95. The second-order valence-corrected chi connectivity index (χ2v) is 6.16. The molecule has 0 aliphatic rings. The second-order valence-electron chi connectivity index (χ2n) is 6.16. The van der Waals surface area contributed by atoms with Crippen molar-refractivity contribution < 1.29 is 14.3 Å². The van der Waals surface area contributed by atoms with Crippen LogP contribution in [0.5, 0.6) is 5.75 Å². The Morgan fingerprint density at radius 2 is 2.00 bits per heavy atom. The highest BCUT2D eigenvalue weighted by atomic mass is 16.5. The van der Waals surface area contributed by atoms with E-state index in [0.717, 1.165) is 17.8 Å². The Morgan fingerprint density at radius 1 is 1.29 bits per heavy atom. The molecule has 0 radical (unpaired) electrons. The number of anilines is 1. The lowest BCUT2D eigenvalue weighted by atomic mass is 10.2. The van der Waals surface area contributed by atoms with Crippen LogP contribution in [0.15, 0.2) is 36.7 Å². The molecule has 0 unspecified atom stereocenters. The van der Waals surface area contributed by atoms with Gasteiger partial charge in [-0.05, 0) is 38.1 Å². The van der Waals surface area contributed by atoms with Crippen LogP contribution < -0.4 is 10.5 Å². The number of esters is 1. The Morgan fingerprint density at radius 3 is 2.57 bits per heavy atom. The minimum Gasteiger partial charge on any atom is -0.489 e. The van der Waals surface area contributed by atoms with Crippen LogP contribution in [0.1, 0.15) is 34.2 Å². The van der Waals surface area contributed by atoms with E-state index in [1.807, 2.05) is 30.8 Å². The maximum Gasteiger partial charge on any atom is 0.357 e. The molecular weight excluding hydrogens is 358 g/mol. The largest absolute Gasteiger partial charge is 0.489 e. The zero-order valence-electron chi connectivity index (χ0n) is 16.0. The van der Waals surface area contributed by atoms with Crippen molar-refractivity contribution in [3.8, 4) is 17.5 Å². The number of rotatable bonds is 6. The summed E-state index contributed by atoms with van der Waals surface area (Å²) in [5.41, 5.74) is 8.97. The number of nitrogens with zero attached hydrogens (tertiary/aromatic N) is 4. The fourth-order valence-corrected chi connectivity index (χ4v) is 2.85. The van der Waals surface area contributed by atoms with Crippen molar-refractivity contribution in [2.45, 2.75) is 27.0 Å². The molecule has 0 bridgehead atoms. The highest BCUT2D eigenvalue weighted by Gasteiger charge is 2.21. The number of carbonyl (C=O) groups excluding carboxylic acids is 1. The first-order chi connectivity index (χ1) is 13.5. The standard InChI is InChI=1S/C20H21N5O3/c1-4-24-10-15(13(2)23-24)12-28-17-7-5-16(6-8-17)25-11-14(9-21)18(22)19(25)20(26)27-3/h5-8,10-11H,4,12,22H2,1-3H3. The fourth-order valence-electron chi connectivity index (χ4n) is 2.85. The number of methoxy groups -OCH3 is 1. The first kappa shape index (κ1) is 19.0. The average molecular weight is 379 g/mol. The maximum atomic E-state index is 12.1. The van der Waals surface area contributed by atoms with Gasteiger partial charge < -0.3 is 19.8 Å². The summed E-state index contributed by atoms with van der Waals surface area (Å²) < 4.78 is 14.0. The number of carbonyl (C=O) groups is 1. The van der Waals surface area contributed by atoms with Gasteiger partial charge in [0.15, 0.2) is 5.69 Å². The minimum atomic E-state index is -0.609. The number of nitrogens with two attached hydrogens (primary N) is 1. The number of hydrogen-bond donors (Lipinski definition) is 1. The molecule has 0 atom stereocenters. The third-order valence-electron chi connectivity index (χ3n) is 4.42. The topological polar surface area (TPSA) is 108 Å². The van der Waals surface area contributed by atoms with Gasteiger partial charge in [0.05, 0.1) is 24.1 Å². The summed E-state index contributed by atoms with van der Waals surface area (Å²) in [7, 11) is 1.27. The van der Waals surface area contributed by atoms with E-state index < -0.39 is 5.97 Å². The van der Waals surface area contributed by atoms with Gasteiger partial charge in [-0.2, -0.15) is 10.4 Å². The second kappa shape index (κ2) is 7.88. The number of ether oxygens (including phenoxy) is 2. The monoisotopic (exact) mass is 379 g/mol. The molecule has 28 heavy (non-hydrogen) atoms. The quantitative estimate of drug-likeness (QED) is 0.660. The molecule has 0 saturated carbocycles. The van der Waals surface area contributed by atoms with Crippen LogP contribution in [0.2, 0.25) is 0 Å². The van der Waals surface area contributed by atoms with E-state index in [1.165, 1.54) is 13.3 Å². The minimum absolute atomic E-state index is 0.0955. The molecule has 2 aromatic heterocycles. The summed E-state index contributed by atoms with van der Waals surface area (Å²) in [5, 5.41) is 13.6. The van der Waals surface area contributed by atoms with Crippen molar-refractivity contribution in [3.63, 3.8) is 0 Å². The van der Waals surface area contributed by atoms with E-state index in [2.05, 4.69) is 5.10 Å². The number of hydrogen-bond acceptors (Lipinski definition) is 6. The Kier molecular flexibility index (Phi) is 5.36. The first-order valence-corrected chi connectivity index (χ1v) is 8.73. The lowest BCUT2D eigenvalue weighted by molar-refractivity contribution is 0.0593. The maximum absolute atomic E-state index is 12.1. The van der Waals surface area contributed by atoms with Gasteiger partial charge in [0.25, 0.3) is 0 Å². The molecule has 0 aliphatic heterocycles. The molecule has 8 nitrogen and oxygen atoms in total. The highest BCUT2D eigenvalue weighted by Crippen LogP contribution is 2.26. The molecule has 0 spiro atoms. The molecule has 2 heterocycles. The molecule has 0 fully saturated rings. The molecule has 0 saturated heterocycles. The number of aryl methyl sites for hydroxylation is 2. The third kappa shape index (κ3) is 3.55. The summed E-state index contributed by atoms with van der Waals surface area (Å²) in [4.78, 5) is 12.1. The van der Waals surface area contributed by atoms with E-state index in [4.69, 9.17) is 15.2 Å². The molecule has 144 valence electrons. The normalized spacial score (nSPS) is 10.5. The summed E-state index contributed by atoms with van der Waals surface area (Å²) in [6, 6.07) is 9.13. The van der Waals surface area contributed by atoms with Crippen molar-refractivity contribution in [2.24, 2.45) is 0 Å². The summed E-state index contributed by atoms with van der Waals surface area (Å²) in [6.07, 6.45) is 3.48. The molecule has 3 aromatic rings. The van der Waals surface area contributed by atoms with Crippen molar-refractivity contribution in [1.29, 1.82) is 5.26 Å². The number of benzene rings is 1. The van der Waals surface area contributed by atoms with Gasteiger partial charge in [-0.25, -0.2) is 4.79 Å². The lowest BCUT2D eigenvalue weighted by Crippen LogP contribution is -2.11. The van der Waals surface area contributed by atoms with Gasteiger partial charge in [-0.3, -0.25) is 4.68 Å². The van der Waals surface area contributed by atoms with Gasteiger partial charge in [-0.15, -0.1) is 0 Å². The Balaban J connectivity index is 1.82. The Hall–Kier alpha value is -3.73. The zero-order valence-corrected chi connectivity index (χ0v) is 16.0. The van der Waals surface area contributed by atoms with E-state index in [1.54, 1.807) is 28.8 Å². The SMILES string of the molecule is CCn1cc(COc2ccc(-n3cc(C#N)c(N)c3C(=O)OC)cc2)c(C)n1.